The van der Waals surface area contributed by atoms with Gasteiger partial charge in [0.25, 0.3) is 0 Å². The number of aliphatic hydroxyl groups excluding tert-OH is 1. The Kier molecular flexibility index (Phi) is 11.8. The van der Waals surface area contributed by atoms with E-state index in [-0.39, 0.29) is 23.7 Å². The predicted molar refractivity (Wildman–Crippen MR) is 139 cm³/mol. The summed E-state index contributed by atoms with van der Waals surface area (Å²) in [5.41, 5.74) is 2.90. The molecule has 7 heteroatoms. The van der Waals surface area contributed by atoms with Crippen LogP contribution < -0.4 is 10.6 Å². The van der Waals surface area contributed by atoms with E-state index in [0.717, 1.165) is 56.7 Å². The third-order valence-electron chi connectivity index (χ3n) is 5.49. The van der Waals surface area contributed by atoms with Gasteiger partial charge in [0.15, 0.2) is 0 Å². The van der Waals surface area contributed by atoms with E-state index in [2.05, 4.69) is 36.3 Å². The number of carbonyl (C=O) groups excluding carboxylic acids is 1. The van der Waals surface area contributed by atoms with Gasteiger partial charge in [0.1, 0.15) is 5.75 Å². The summed E-state index contributed by atoms with van der Waals surface area (Å²) in [6.45, 7) is 11.2. The van der Waals surface area contributed by atoms with Crippen LogP contribution >= 0.6 is 11.6 Å². The molecule has 0 saturated carbocycles. The number of phenols is 1. The lowest BCUT2D eigenvalue weighted by atomic mass is 9.96. The van der Waals surface area contributed by atoms with Crippen LogP contribution in [0.2, 0.25) is 5.02 Å². The highest BCUT2D eigenvalue weighted by Crippen LogP contribution is 2.18. The van der Waals surface area contributed by atoms with Crippen LogP contribution in [0, 0.1) is 5.41 Å². The molecule has 2 aromatic rings. The minimum absolute atomic E-state index is 0.0703. The fourth-order valence-corrected chi connectivity index (χ4v) is 4.06. The molecule has 0 aliphatic carbocycles. The van der Waals surface area contributed by atoms with Crippen molar-refractivity contribution < 1.29 is 15.0 Å². The van der Waals surface area contributed by atoms with E-state index in [4.69, 9.17) is 11.6 Å². The summed E-state index contributed by atoms with van der Waals surface area (Å²) < 4.78 is 0. The van der Waals surface area contributed by atoms with Gasteiger partial charge in [0.2, 0.25) is 5.91 Å². The number of rotatable bonds is 14. The van der Waals surface area contributed by atoms with Crippen LogP contribution in [-0.4, -0.2) is 60.3 Å². The minimum Gasteiger partial charge on any atom is -0.508 e. The summed E-state index contributed by atoms with van der Waals surface area (Å²) in [7, 11) is 0. The van der Waals surface area contributed by atoms with Crippen LogP contribution in [0.4, 0.5) is 0 Å². The number of aromatic hydroxyl groups is 1. The molecule has 0 aliphatic rings. The van der Waals surface area contributed by atoms with Crippen LogP contribution in [0.1, 0.15) is 43.9 Å². The molecule has 0 bridgehead atoms. The molecule has 188 valence electrons. The first kappa shape index (κ1) is 28.1. The van der Waals surface area contributed by atoms with E-state index in [9.17, 15) is 15.0 Å². The van der Waals surface area contributed by atoms with Crippen LogP contribution in [0.3, 0.4) is 0 Å². The van der Waals surface area contributed by atoms with Crippen LogP contribution in [0.25, 0.3) is 0 Å². The van der Waals surface area contributed by atoms with Gasteiger partial charge in [-0.25, -0.2) is 0 Å². The second-order valence-corrected chi connectivity index (χ2v) is 10.4. The van der Waals surface area contributed by atoms with Gasteiger partial charge in [-0.05, 0) is 60.2 Å². The number of nitrogens with one attached hydrogen (secondary N) is 2. The summed E-state index contributed by atoms with van der Waals surface area (Å²) in [5, 5.41) is 26.2. The van der Waals surface area contributed by atoms with Crippen molar-refractivity contribution in [3.05, 3.63) is 64.2 Å². The molecular formula is C27H40ClN3O3. The third kappa shape index (κ3) is 11.3. The quantitative estimate of drug-likeness (QED) is 0.304. The zero-order valence-electron chi connectivity index (χ0n) is 20.7. The predicted octanol–water partition coefficient (Wildman–Crippen LogP) is 3.77. The van der Waals surface area contributed by atoms with Crippen molar-refractivity contribution in [3.63, 3.8) is 0 Å². The van der Waals surface area contributed by atoms with Crippen molar-refractivity contribution in [2.45, 2.75) is 46.6 Å². The number of halogens is 1. The fourth-order valence-electron chi connectivity index (χ4n) is 3.84. The lowest BCUT2D eigenvalue weighted by molar-refractivity contribution is -0.121. The number of nitrogens with zero attached hydrogens (tertiary/aromatic N) is 1. The van der Waals surface area contributed by atoms with Crippen LogP contribution in [-0.2, 0) is 24.2 Å². The number of carbonyl (C=O) groups is 1. The number of benzene rings is 2. The Morgan fingerprint density at radius 2 is 1.74 bits per heavy atom. The lowest BCUT2D eigenvalue weighted by Crippen LogP contribution is -2.40. The van der Waals surface area contributed by atoms with Crippen molar-refractivity contribution in [2.24, 2.45) is 5.41 Å². The van der Waals surface area contributed by atoms with E-state index in [1.54, 1.807) is 6.07 Å². The van der Waals surface area contributed by atoms with Gasteiger partial charge in [0, 0.05) is 49.7 Å². The molecule has 6 nitrogen and oxygen atoms in total. The average Bonchev–Trinajstić information content (AvgIpc) is 2.77. The van der Waals surface area contributed by atoms with E-state index in [0.29, 0.717) is 23.6 Å². The first-order valence-electron chi connectivity index (χ1n) is 12.0. The summed E-state index contributed by atoms with van der Waals surface area (Å²) in [6.07, 6.45) is 2.06. The summed E-state index contributed by atoms with van der Waals surface area (Å²) in [5.74, 6) is 0.200. The van der Waals surface area contributed by atoms with Gasteiger partial charge in [-0.2, -0.15) is 0 Å². The van der Waals surface area contributed by atoms with E-state index >= 15 is 0 Å². The van der Waals surface area contributed by atoms with Gasteiger partial charge in [-0.15, -0.1) is 0 Å². The Bertz CT molecular complexity index is 899. The Morgan fingerprint density at radius 1 is 1.00 bits per heavy atom. The van der Waals surface area contributed by atoms with Gasteiger partial charge in [-0.3, -0.25) is 4.79 Å². The van der Waals surface area contributed by atoms with Crippen molar-refractivity contribution in [2.75, 3.05) is 39.3 Å². The fraction of sp³-hybridized carbons (Fsp3) is 0.519. The summed E-state index contributed by atoms with van der Waals surface area (Å²) in [4.78, 5) is 14.7. The molecule has 0 saturated heterocycles. The Hall–Kier alpha value is -2.12. The SMILES string of the molecule is CC(C)(C)CN(CCNCCc1ccc(O)c(CO)c1)CCC(=O)NCCc1cccc(Cl)c1. The molecule has 0 aromatic heterocycles. The van der Waals surface area contributed by atoms with Crippen molar-refractivity contribution >= 4 is 17.5 Å². The Morgan fingerprint density at radius 3 is 2.44 bits per heavy atom. The highest BCUT2D eigenvalue weighted by molar-refractivity contribution is 6.30. The van der Waals surface area contributed by atoms with E-state index in [1.165, 1.54) is 0 Å². The molecule has 0 fully saturated rings. The van der Waals surface area contributed by atoms with Crippen molar-refractivity contribution in [1.29, 1.82) is 0 Å². The van der Waals surface area contributed by atoms with E-state index < -0.39 is 0 Å². The average molecular weight is 490 g/mol. The standard InChI is InChI=1S/C27H40ClN3O3/c1-27(2,3)20-31(15-11-26(34)30-13-10-21-5-4-6-24(28)18-21)16-14-29-12-9-22-7-8-25(33)23(17-22)19-32/h4-8,17-18,29,32-33H,9-16,19-20H2,1-3H3,(H,30,34). The number of amides is 1. The molecule has 0 radical (unpaired) electrons. The van der Waals surface area contributed by atoms with Gasteiger partial charge in [0.05, 0.1) is 6.61 Å². The topological polar surface area (TPSA) is 84.8 Å². The molecule has 0 heterocycles. The second-order valence-electron chi connectivity index (χ2n) is 9.94. The highest BCUT2D eigenvalue weighted by Gasteiger charge is 2.17. The molecule has 0 aliphatic heterocycles. The van der Waals surface area contributed by atoms with Gasteiger partial charge in [-0.1, -0.05) is 50.6 Å². The van der Waals surface area contributed by atoms with Gasteiger partial charge < -0.3 is 25.7 Å². The lowest BCUT2D eigenvalue weighted by Gasteiger charge is -2.30. The summed E-state index contributed by atoms with van der Waals surface area (Å²) in [6, 6.07) is 13.1. The first-order valence-corrected chi connectivity index (χ1v) is 12.4. The van der Waals surface area contributed by atoms with E-state index in [1.807, 2.05) is 36.4 Å². The maximum absolute atomic E-state index is 12.4. The van der Waals surface area contributed by atoms with Gasteiger partial charge >= 0.3 is 0 Å². The maximum Gasteiger partial charge on any atom is 0.221 e. The third-order valence-corrected chi connectivity index (χ3v) is 5.72. The van der Waals surface area contributed by atoms with Crippen molar-refractivity contribution in [1.82, 2.24) is 15.5 Å². The molecule has 2 rings (SSSR count). The Balaban J connectivity index is 1.70. The normalized spacial score (nSPS) is 11.7. The highest BCUT2D eigenvalue weighted by atomic mass is 35.5. The Labute approximate surface area is 209 Å². The number of aliphatic hydroxyl groups is 1. The molecule has 0 atom stereocenters. The molecule has 1 amide bonds. The summed E-state index contributed by atoms with van der Waals surface area (Å²) >= 11 is 6.02. The maximum atomic E-state index is 12.4. The first-order chi connectivity index (χ1) is 16.2. The zero-order chi connectivity index (χ0) is 25.0. The minimum atomic E-state index is -0.164. The molecule has 34 heavy (non-hydrogen) atoms. The molecular weight excluding hydrogens is 450 g/mol. The number of hydrogen-bond acceptors (Lipinski definition) is 5. The molecule has 4 N–H and O–H groups in total. The smallest absolute Gasteiger partial charge is 0.221 e. The van der Waals surface area contributed by atoms with Crippen LogP contribution in [0.5, 0.6) is 5.75 Å². The zero-order valence-corrected chi connectivity index (χ0v) is 21.5. The molecule has 0 unspecified atom stereocenters. The monoisotopic (exact) mass is 489 g/mol. The largest absolute Gasteiger partial charge is 0.508 e. The van der Waals surface area contributed by atoms with Crippen LogP contribution in [0.15, 0.2) is 42.5 Å². The van der Waals surface area contributed by atoms with Crippen molar-refractivity contribution in [3.8, 4) is 5.75 Å². The molecule has 2 aromatic carbocycles. The second kappa shape index (κ2) is 14.3. The number of hydrogen-bond donors (Lipinski definition) is 4. The molecule has 0 spiro atoms.